The Labute approximate surface area is 244 Å². The van der Waals surface area contributed by atoms with Crippen molar-refractivity contribution < 1.29 is 14.2 Å². The molecule has 0 spiro atoms. The van der Waals surface area contributed by atoms with Crippen molar-refractivity contribution in [1.82, 2.24) is 14.9 Å². The highest BCUT2D eigenvalue weighted by Crippen LogP contribution is 2.42. The Morgan fingerprint density at radius 2 is 1.44 bits per heavy atom. The van der Waals surface area contributed by atoms with Crippen molar-refractivity contribution in [3.05, 3.63) is 127 Å². The first-order valence-electron chi connectivity index (χ1n) is 13.5. The molecule has 8 heteroatoms. The quantitative estimate of drug-likeness (QED) is 0.190. The van der Waals surface area contributed by atoms with Crippen LogP contribution in [0.2, 0.25) is 0 Å². The van der Waals surface area contributed by atoms with Gasteiger partial charge in [0.05, 0.1) is 25.5 Å². The first-order valence-corrected chi connectivity index (χ1v) is 13.9. The predicted molar refractivity (Wildman–Crippen MR) is 164 cm³/mol. The van der Waals surface area contributed by atoms with Gasteiger partial charge in [0.25, 0.3) is 0 Å². The Kier molecular flexibility index (Phi) is 7.56. The fourth-order valence-corrected chi connectivity index (χ4v) is 5.47. The monoisotopic (exact) mass is 562 g/mol. The summed E-state index contributed by atoms with van der Waals surface area (Å²) in [5.74, 6) is 3.09. The zero-order chi connectivity index (χ0) is 28.2. The van der Waals surface area contributed by atoms with Gasteiger partial charge in [0.1, 0.15) is 29.0 Å². The van der Waals surface area contributed by atoms with Crippen molar-refractivity contribution in [2.75, 3.05) is 18.6 Å². The Morgan fingerprint density at radius 1 is 0.780 bits per heavy atom. The smallest absolute Gasteiger partial charge is 0.174 e. The van der Waals surface area contributed by atoms with E-state index in [0.29, 0.717) is 11.7 Å². The fraction of sp³-hybridized carbons (Fsp3) is 0.152. The molecule has 1 aliphatic heterocycles. The summed E-state index contributed by atoms with van der Waals surface area (Å²) in [6.45, 7) is 2.61. The van der Waals surface area contributed by atoms with Crippen LogP contribution in [-0.2, 0) is 0 Å². The molecule has 0 unspecified atom stereocenters. The summed E-state index contributed by atoms with van der Waals surface area (Å²) < 4.78 is 19.2. The molecule has 1 aliphatic rings. The summed E-state index contributed by atoms with van der Waals surface area (Å²) in [7, 11) is 1.65. The minimum absolute atomic E-state index is 0.157. The summed E-state index contributed by atoms with van der Waals surface area (Å²) in [4.78, 5) is 6.85. The van der Waals surface area contributed by atoms with Crippen molar-refractivity contribution in [1.29, 1.82) is 0 Å². The molecule has 7 nitrogen and oxygen atoms in total. The van der Waals surface area contributed by atoms with Crippen LogP contribution < -0.4 is 24.4 Å². The van der Waals surface area contributed by atoms with E-state index in [1.54, 1.807) is 7.11 Å². The number of hydrogen-bond acceptors (Lipinski definition) is 5. The molecule has 1 saturated heterocycles. The molecule has 0 bridgehead atoms. The van der Waals surface area contributed by atoms with Crippen LogP contribution >= 0.6 is 12.2 Å². The van der Waals surface area contributed by atoms with Crippen molar-refractivity contribution in [3.63, 3.8) is 0 Å². The van der Waals surface area contributed by atoms with Crippen LogP contribution in [0.4, 0.5) is 5.69 Å². The van der Waals surface area contributed by atoms with Gasteiger partial charge in [-0.15, -0.1) is 0 Å². The maximum absolute atomic E-state index is 6.07. The van der Waals surface area contributed by atoms with Crippen LogP contribution in [0.15, 0.2) is 116 Å². The number of ether oxygens (including phenoxy) is 3. The van der Waals surface area contributed by atoms with Crippen LogP contribution in [0.1, 0.15) is 30.4 Å². The number of rotatable bonds is 9. The summed E-state index contributed by atoms with van der Waals surface area (Å²) in [6.07, 6.45) is 3.89. The Balaban J connectivity index is 1.35. The van der Waals surface area contributed by atoms with Gasteiger partial charge in [-0.2, -0.15) is 0 Å². The van der Waals surface area contributed by atoms with E-state index >= 15 is 0 Å². The molecule has 206 valence electrons. The number of nitrogens with zero attached hydrogens (tertiary/aromatic N) is 3. The molecule has 0 saturated carbocycles. The average Bonchev–Trinajstić information content (AvgIpc) is 3.63. The zero-order valence-corrected chi connectivity index (χ0v) is 23.6. The summed E-state index contributed by atoms with van der Waals surface area (Å²) in [6, 6.07) is 33.5. The standard InChI is InChI=1S/C33H30N4O3S/c1-3-39-26-13-9-23(10-14-26)36-22-6-8-30(36)32-31(29-7-4-5-21-34-29)35-33(41)37(32)24-11-15-27(16-12-24)40-28-19-17-25(38-2)18-20-28/h4-22,31-32H,3H2,1-2H3,(H,35,41)/t31-,32+/m1/s1. The molecule has 2 aromatic heterocycles. The molecule has 41 heavy (non-hydrogen) atoms. The van der Waals surface area contributed by atoms with Crippen LogP contribution in [0.5, 0.6) is 23.0 Å². The highest BCUT2D eigenvalue weighted by atomic mass is 32.1. The summed E-state index contributed by atoms with van der Waals surface area (Å²) in [5, 5.41) is 4.18. The van der Waals surface area contributed by atoms with Gasteiger partial charge in [-0.25, -0.2) is 0 Å². The lowest BCUT2D eigenvalue weighted by molar-refractivity contribution is 0.340. The summed E-state index contributed by atoms with van der Waals surface area (Å²) >= 11 is 5.94. The van der Waals surface area contributed by atoms with E-state index in [1.807, 2.05) is 92.0 Å². The Bertz CT molecular complexity index is 1600. The second-order valence-electron chi connectivity index (χ2n) is 9.50. The van der Waals surface area contributed by atoms with Gasteiger partial charge in [-0.3, -0.25) is 4.98 Å². The van der Waals surface area contributed by atoms with Gasteiger partial charge in [0.15, 0.2) is 5.11 Å². The number of hydrogen-bond donors (Lipinski definition) is 1. The third-order valence-electron chi connectivity index (χ3n) is 7.02. The topological polar surface area (TPSA) is 60.8 Å². The van der Waals surface area contributed by atoms with Crippen LogP contribution in [0, 0.1) is 0 Å². The van der Waals surface area contributed by atoms with E-state index in [9.17, 15) is 0 Å². The molecule has 0 aliphatic carbocycles. The molecule has 3 heterocycles. The maximum atomic E-state index is 6.07. The van der Waals surface area contributed by atoms with E-state index in [1.165, 1.54) is 0 Å². The van der Waals surface area contributed by atoms with Gasteiger partial charge < -0.3 is 29.0 Å². The second kappa shape index (κ2) is 11.7. The normalized spacial score (nSPS) is 16.3. The minimum atomic E-state index is -0.160. The number of thiocarbonyl (C=S) groups is 1. The number of nitrogens with one attached hydrogen (secondary N) is 1. The van der Waals surface area contributed by atoms with Gasteiger partial charge in [-0.05, 0) is 116 Å². The van der Waals surface area contributed by atoms with Crippen molar-refractivity contribution >= 4 is 23.0 Å². The molecule has 2 atom stereocenters. The van der Waals surface area contributed by atoms with Crippen molar-refractivity contribution in [2.45, 2.75) is 19.0 Å². The second-order valence-corrected chi connectivity index (χ2v) is 9.88. The highest BCUT2D eigenvalue weighted by Gasteiger charge is 2.42. The molecule has 0 radical (unpaired) electrons. The molecule has 1 fully saturated rings. The maximum Gasteiger partial charge on any atom is 0.174 e. The first kappa shape index (κ1) is 26.4. The van der Waals surface area contributed by atoms with Crippen LogP contribution in [0.25, 0.3) is 5.69 Å². The van der Waals surface area contributed by atoms with E-state index in [-0.39, 0.29) is 12.1 Å². The van der Waals surface area contributed by atoms with Gasteiger partial charge >= 0.3 is 0 Å². The first-order chi connectivity index (χ1) is 20.1. The van der Waals surface area contributed by atoms with Gasteiger partial charge in [0.2, 0.25) is 0 Å². The fourth-order valence-electron chi connectivity index (χ4n) is 5.13. The van der Waals surface area contributed by atoms with E-state index < -0.39 is 0 Å². The lowest BCUT2D eigenvalue weighted by Gasteiger charge is -2.29. The SMILES string of the molecule is CCOc1ccc(-n2cccc2[C@H]2[C@@H](c3ccccn3)NC(=S)N2c2ccc(Oc3ccc(OC)cc3)cc2)cc1. The van der Waals surface area contributed by atoms with Crippen LogP contribution in [-0.4, -0.2) is 28.4 Å². The number of anilines is 1. The third kappa shape index (κ3) is 5.47. The Hall–Kier alpha value is -4.82. The molecular formula is C33H30N4O3S. The lowest BCUT2D eigenvalue weighted by atomic mass is 10.0. The number of methoxy groups -OCH3 is 1. The highest BCUT2D eigenvalue weighted by molar-refractivity contribution is 7.80. The average molecular weight is 563 g/mol. The van der Waals surface area contributed by atoms with Gasteiger partial charge in [-0.1, -0.05) is 6.07 Å². The minimum Gasteiger partial charge on any atom is -0.497 e. The third-order valence-corrected chi connectivity index (χ3v) is 7.33. The zero-order valence-electron chi connectivity index (χ0n) is 22.8. The number of pyridine rings is 1. The summed E-state index contributed by atoms with van der Waals surface area (Å²) in [5.41, 5.74) is 3.98. The molecule has 5 aromatic rings. The molecule has 3 aromatic carbocycles. The van der Waals surface area contributed by atoms with E-state index in [4.69, 9.17) is 26.4 Å². The van der Waals surface area contributed by atoms with Gasteiger partial charge in [0, 0.05) is 29.5 Å². The Morgan fingerprint density at radius 3 is 2.10 bits per heavy atom. The van der Waals surface area contributed by atoms with Crippen LogP contribution in [0.3, 0.4) is 0 Å². The van der Waals surface area contributed by atoms with E-state index in [0.717, 1.165) is 45.8 Å². The molecule has 1 N–H and O–H groups in total. The van der Waals surface area contributed by atoms with Crippen molar-refractivity contribution in [2.24, 2.45) is 0 Å². The van der Waals surface area contributed by atoms with Crippen molar-refractivity contribution in [3.8, 4) is 28.7 Å². The van der Waals surface area contributed by atoms with E-state index in [2.05, 4.69) is 50.2 Å². The number of benzene rings is 3. The number of aromatic nitrogens is 2. The molecule has 0 amide bonds. The largest absolute Gasteiger partial charge is 0.497 e. The molecule has 6 rings (SSSR count). The molecular weight excluding hydrogens is 532 g/mol. The predicted octanol–water partition coefficient (Wildman–Crippen LogP) is 7.25. The lowest BCUT2D eigenvalue weighted by Crippen LogP contribution is -2.30.